The van der Waals surface area contributed by atoms with Gasteiger partial charge in [0, 0.05) is 11.0 Å². The van der Waals surface area contributed by atoms with Crippen LogP contribution < -0.4 is 0 Å². The van der Waals surface area contributed by atoms with E-state index in [0.29, 0.717) is 0 Å². The predicted octanol–water partition coefficient (Wildman–Crippen LogP) is 2.74. The van der Waals surface area contributed by atoms with Gasteiger partial charge < -0.3 is 4.79 Å². The maximum absolute atomic E-state index is 10.3. The molecule has 0 saturated heterocycles. The van der Waals surface area contributed by atoms with Crippen molar-refractivity contribution in [1.82, 2.24) is 0 Å². The van der Waals surface area contributed by atoms with Crippen molar-refractivity contribution in [2.75, 3.05) is 0 Å². The minimum absolute atomic E-state index is 0.147. The van der Waals surface area contributed by atoms with E-state index in [1.54, 1.807) is 0 Å². The minimum atomic E-state index is 0.147. The molecule has 0 bridgehead atoms. The van der Waals surface area contributed by atoms with Crippen molar-refractivity contribution in [3.63, 3.8) is 0 Å². The highest BCUT2D eigenvalue weighted by atomic mass is 35.5. The van der Waals surface area contributed by atoms with Crippen LogP contribution in [0.2, 0.25) is 0 Å². The van der Waals surface area contributed by atoms with Gasteiger partial charge in [0.25, 0.3) is 0 Å². The summed E-state index contributed by atoms with van der Waals surface area (Å²) in [5, 5.41) is 0.764. The van der Waals surface area contributed by atoms with Gasteiger partial charge in [0.2, 0.25) is 0 Å². The molecule has 0 aliphatic heterocycles. The van der Waals surface area contributed by atoms with Gasteiger partial charge >= 0.3 is 0 Å². The zero-order chi connectivity index (χ0) is 7.98. The van der Waals surface area contributed by atoms with Crippen molar-refractivity contribution in [2.45, 2.75) is 26.7 Å². The average Bonchev–Trinajstić information content (AvgIpc) is 1.90. The third-order valence-corrected chi connectivity index (χ3v) is 1.57. The summed E-state index contributed by atoms with van der Waals surface area (Å²) in [7, 11) is 0. The summed E-state index contributed by atoms with van der Waals surface area (Å²) in [5.41, 5.74) is 0. The molecule has 1 unspecified atom stereocenters. The van der Waals surface area contributed by atoms with Gasteiger partial charge in [-0.25, -0.2) is 0 Å². The first-order valence-electron chi connectivity index (χ1n) is 3.48. The summed E-state index contributed by atoms with van der Waals surface area (Å²) in [6.45, 7) is 3.82. The Morgan fingerprint density at radius 2 is 2.30 bits per heavy atom. The first-order chi connectivity index (χ1) is 4.70. The maximum Gasteiger partial charge on any atom is 0.123 e. The summed E-state index contributed by atoms with van der Waals surface area (Å²) in [6, 6.07) is 0. The highest BCUT2D eigenvalue weighted by Crippen LogP contribution is 2.09. The van der Waals surface area contributed by atoms with Crippen LogP contribution in [0.15, 0.2) is 11.1 Å². The molecule has 0 aliphatic carbocycles. The number of rotatable bonds is 4. The number of halogens is 1. The second-order valence-corrected chi connectivity index (χ2v) is 2.93. The highest BCUT2D eigenvalue weighted by Gasteiger charge is 2.00. The largest absolute Gasteiger partial charge is 0.303 e. The number of carbonyl (C=O) groups excluding carboxylic acids is 1. The van der Waals surface area contributed by atoms with E-state index >= 15 is 0 Å². The Kier molecular flexibility index (Phi) is 5.32. The molecule has 0 N–H and O–H groups in total. The number of carbonyl (C=O) groups is 1. The zero-order valence-electron chi connectivity index (χ0n) is 6.43. The van der Waals surface area contributed by atoms with Gasteiger partial charge in [0.05, 0.1) is 0 Å². The second-order valence-electron chi connectivity index (χ2n) is 2.33. The Morgan fingerprint density at radius 1 is 1.70 bits per heavy atom. The van der Waals surface area contributed by atoms with E-state index in [2.05, 4.69) is 0 Å². The molecule has 0 rings (SSSR count). The van der Waals surface area contributed by atoms with E-state index in [9.17, 15) is 4.79 Å². The van der Waals surface area contributed by atoms with E-state index < -0.39 is 0 Å². The second kappa shape index (κ2) is 5.48. The smallest absolute Gasteiger partial charge is 0.123 e. The molecule has 1 atom stereocenters. The Balaban J connectivity index is 3.64. The van der Waals surface area contributed by atoms with Gasteiger partial charge in [-0.1, -0.05) is 24.6 Å². The fourth-order valence-corrected chi connectivity index (χ4v) is 0.721. The Morgan fingerprint density at radius 3 is 2.60 bits per heavy atom. The Bertz CT molecular complexity index is 125. The third kappa shape index (κ3) is 4.57. The molecule has 58 valence electrons. The topological polar surface area (TPSA) is 17.1 Å². The molecule has 2 heteroatoms. The van der Waals surface area contributed by atoms with Gasteiger partial charge in [0.15, 0.2) is 0 Å². The third-order valence-electron chi connectivity index (χ3n) is 1.42. The maximum atomic E-state index is 10.3. The lowest BCUT2D eigenvalue weighted by molar-refractivity contribution is -0.111. The van der Waals surface area contributed by atoms with Crippen molar-refractivity contribution in [2.24, 2.45) is 5.92 Å². The van der Waals surface area contributed by atoms with Gasteiger partial charge in [-0.05, 0) is 19.8 Å². The number of allylic oxidation sites excluding steroid dienone is 2. The van der Waals surface area contributed by atoms with Gasteiger partial charge in [-0.15, -0.1) is 0 Å². The van der Waals surface area contributed by atoms with Crippen molar-refractivity contribution >= 4 is 17.9 Å². The molecule has 1 nitrogen and oxygen atoms in total. The summed E-state index contributed by atoms with van der Waals surface area (Å²) < 4.78 is 0. The van der Waals surface area contributed by atoms with Gasteiger partial charge in [-0.3, -0.25) is 0 Å². The average molecular weight is 161 g/mol. The van der Waals surface area contributed by atoms with Gasteiger partial charge in [-0.2, -0.15) is 0 Å². The molecule has 0 saturated carbocycles. The normalized spacial score (nSPS) is 14.9. The number of aldehydes is 1. The number of hydrogen-bond donors (Lipinski definition) is 0. The van der Waals surface area contributed by atoms with Crippen LogP contribution in [0.5, 0.6) is 0 Å². The Hall–Kier alpha value is -0.300. The molecular formula is C8H13ClO. The van der Waals surface area contributed by atoms with Crippen molar-refractivity contribution in [1.29, 1.82) is 0 Å². The lowest BCUT2D eigenvalue weighted by Crippen LogP contribution is -1.97. The van der Waals surface area contributed by atoms with Crippen molar-refractivity contribution < 1.29 is 4.79 Å². The van der Waals surface area contributed by atoms with Crippen molar-refractivity contribution in [3.8, 4) is 0 Å². The monoisotopic (exact) mass is 160 g/mol. The van der Waals surface area contributed by atoms with Crippen LogP contribution in [0.1, 0.15) is 26.7 Å². The van der Waals surface area contributed by atoms with Crippen LogP contribution in [-0.2, 0) is 4.79 Å². The molecule has 0 amide bonds. The summed E-state index contributed by atoms with van der Waals surface area (Å²) in [4.78, 5) is 10.3. The number of hydrogen-bond acceptors (Lipinski definition) is 1. The van der Waals surface area contributed by atoms with Crippen LogP contribution in [0.4, 0.5) is 0 Å². The minimum Gasteiger partial charge on any atom is -0.303 e. The van der Waals surface area contributed by atoms with E-state index in [0.717, 1.165) is 24.2 Å². The fraction of sp³-hybridized carbons (Fsp3) is 0.625. The molecule has 0 aromatic heterocycles. The molecule has 0 radical (unpaired) electrons. The van der Waals surface area contributed by atoms with Crippen LogP contribution in [0.25, 0.3) is 0 Å². The van der Waals surface area contributed by atoms with Crippen molar-refractivity contribution in [3.05, 3.63) is 11.1 Å². The van der Waals surface area contributed by atoms with Crippen LogP contribution >= 0.6 is 11.6 Å². The standard InChI is InChI=1S/C8H13ClO/c1-3-8(6-10)5-4-7(2)9/h4,6,8H,3,5H2,1-2H3. The van der Waals surface area contributed by atoms with Crippen LogP contribution in [-0.4, -0.2) is 6.29 Å². The van der Waals surface area contributed by atoms with E-state index in [1.165, 1.54) is 0 Å². The van der Waals surface area contributed by atoms with Crippen LogP contribution in [0, 0.1) is 5.92 Å². The van der Waals surface area contributed by atoms with E-state index in [4.69, 9.17) is 11.6 Å². The highest BCUT2D eigenvalue weighted by molar-refractivity contribution is 6.29. The lowest BCUT2D eigenvalue weighted by atomic mass is 10.0. The molecule has 10 heavy (non-hydrogen) atoms. The SMILES string of the molecule is CCC(C=O)CC=C(C)Cl. The zero-order valence-corrected chi connectivity index (χ0v) is 7.19. The molecule has 0 aromatic carbocycles. The lowest BCUT2D eigenvalue weighted by Gasteiger charge is -2.00. The molecule has 0 heterocycles. The molecule has 0 aromatic rings. The Labute approximate surface area is 67.1 Å². The molecule has 0 fully saturated rings. The van der Waals surface area contributed by atoms with Crippen LogP contribution in [0.3, 0.4) is 0 Å². The van der Waals surface area contributed by atoms with E-state index in [1.807, 2.05) is 19.9 Å². The fourth-order valence-electron chi connectivity index (χ4n) is 0.632. The summed E-state index contributed by atoms with van der Waals surface area (Å²) >= 11 is 5.58. The summed E-state index contributed by atoms with van der Waals surface area (Å²) in [5.74, 6) is 0.147. The first-order valence-corrected chi connectivity index (χ1v) is 3.86. The van der Waals surface area contributed by atoms with Gasteiger partial charge in [0.1, 0.15) is 6.29 Å². The molecule has 0 aliphatic rings. The van der Waals surface area contributed by atoms with E-state index in [-0.39, 0.29) is 5.92 Å². The first kappa shape index (κ1) is 9.70. The molecule has 0 spiro atoms. The molecular weight excluding hydrogens is 148 g/mol. The quantitative estimate of drug-likeness (QED) is 0.578. The predicted molar refractivity (Wildman–Crippen MR) is 44.1 cm³/mol. The summed E-state index contributed by atoms with van der Waals surface area (Å²) in [6.07, 6.45) is 4.53.